The van der Waals surface area contributed by atoms with Crippen LogP contribution in [0.2, 0.25) is 0 Å². The van der Waals surface area contributed by atoms with Crippen LogP contribution in [-0.4, -0.2) is 81.3 Å². The van der Waals surface area contributed by atoms with Crippen LogP contribution in [0.4, 0.5) is 5.69 Å². The number of rotatable bonds is 10. The van der Waals surface area contributed by atoms with Gasteiger partial charge in [-0.15, -0.1) is 0 Å². The summed E-state index contributed by atoms with van der Waals surface area (Å²) in [6.07, 6.45) is 7.63. The number of amides is 3. The van der Waals surface area contributed by atoms with Crippen LogP contribution in [0.5, 0.6) is 0 Å². The number of nitrogens with zero attached hydrogens (tertiary/aromatic N) is 3. The summed E-state index contributed by atoms with van der Waals surface area (Å²) in [6, 6.07) is 9.18. The minimum absolute atomic E-state index is 0.0501. The fraction of sp³-hybridized carbons (Fsp3) is 0.500. The van der Waals surface area contributed by atoms with Crippen LogP contribution in [0, 0.1) is 12.8 Å². The van der Waals surface area contributed by atoms with Gasteiger partial charge in [0, 0.05) is 56.7 Å². The summed E-state index contributed by atoms with van der Waals surface area (Å²) in [6.45, 7) is 3.91. The highest BCUT2D eigenvalue weighted by atomic mass is 32.2. The van der Waals surface area contributed by atoms with Gasteiger partial charge in [0.2, 0.25) is 27.7 Å². The van der Waals surface area contributed by atoms with E-state index in [1.54, 1.807) is 29.4 Å². The lowest BCUT2D eigenvalue weighted by atomic mass is 9.95. The number of piperidine rings is 2. The summed E-state index contributed by atoms with van der Waals surface area (Å²) in [5, 5.41) is 5.52. The molecule has 0 spiro atoms. The minimum atomic E-state index is -3.90. The number of carbonyl (C=O) groups excluding carboxylic acids is 3. The Labute approximate surface area is 235 Å². The largest absolute Gasteiger partial charge is 0.371 e. The molecule has 2 aliphatic heterocycles. The molecule has 2 saturated heterocycles. The first-order chi connectivity index (χ1) is 19.2. The number of hydrogen-bond donors (Lipinski definition) is 3. The lowest BCUT2D eigenvalue weighted by molar-refractivity contribution is -0.137. The fourth-order valence-electron chi connectivity index (χ4n) is 5.04. The molecule has 2 aliphatic rings. The van der Waals surface area contributed by atoms with Crippen LogP contribution >= 0.6 is 0 Å². The maximum atomic E-state index is 13.3. The first-order valence-electron chi connectivity index (χ1n) is 13.8. The Kier molecular flexibility index (Phi) is 10.1. The van der Waals surface area contributed by atoms with Gasteiger partial charge in [0.25, 0.3) is 0 Å². The van der Waals surface area contributed by atoms with Crippen molar-refractivity contribution in [3.63, 3.8) is 0 Å². The third-order valence-electron chi connectivity index (χ3n) is 7.43. The van der Waals surface area contributed by atoms with Crippen molar-refractivity contribution in [1.82, 2.24) is 25.2 Å². The van der Waals surface area contributed by atoms with E-state index in [1.165, 1.54) is 12.1 Å². The van der Waals surface area contributed by atoms with Crippen molar-refractivity contribution in [2.24, 2.45) is 5.92 Å². The van der Waals surface area contributed by atoms with Gasteiger partial charge in [-0.3, -0.25) is 19.4 Å². The lowest BCUT2D eigenvalue weighted by Crippen LogP contribution is -2.56. The molecule has 0 saturated carbocycles. The number of likely N-dealkylation sites (tertiary alicyclic amines) is 1. The maximum Gasteiger partial charge on any atom is 0.246 e. The van der Waals surface area contributed by atoms with Crippen LogP contribution in [-0.2, 0) is 24.4 Å². The monoisotopic (exact) mass is 570 g/mol. The van der Waals surface area contributed by atoms with Crippen LogP contribution in [0.1, 0.15) is 37.7 Å². The number of aromatic nitrogens is 1. The highest BCUT2D eigenvalue weighted by molar-refractivity contribution is 7.89. The fourth-order valence-corrected chi connectivity index (χ4v) is 6.03. The molecule has 0 radical (unpaired) electrons. The third kappa shape index (κ3) is 8.01. The van der Waals surface area contributed by atoms with Crippen molar-refractivity contribution in [2.75, 3.05) is 44.2 Å². The predicted octanol–water partition coefficient (Wildman–Crippen LogP) is 1.20. The van der Waals surface area contributed by atoms with Crippen LogP contribution in [0.25, 0.3) is 0 Å². The molecule has 0 aliphatic carbocycles. The van der Waals surface area contributed by atoms with Crippen molar-refractivity contribution in [1.29, 1.82) is 0 Å². The molecule has 2 fully saturated rings. The number of anilines is 1. The Morgan fingerprint density at radius 3 is 2.25 bits per heavy atom. The van der Waals surface area contributed by atoms with E-state index in [2.05, 4.69) is 25.2 Å². The number of benzene rings is 1. The molecule has 0 bridgehead atoms. The molecule has 3 N–H and O–H groups in total. The second-order valence-corrected chi connectivity index (χ2v) is 12.1. The van der Waals surface area contributed by atoms with Gasteiger partial charge in [0.15, 0.2) is 0 Å². The number of aryl methyl sites for hydroxylation is 1. The molecule has 3 amide bonds. The number of carbonyl (C=O) groups is 3. The molecular weight excluding hydrogens is 532 g/mol. The zero-order chi connectivity index (χ0) is 28.5. The Balaban J connectivity index is 1.32. The van der Waals surface area contributed by atoms with E-state index in [9.17, 15) is 22.8 Å². The second-order valence-electron chi connectivity index (χ2n) is 10.4. The van der Waals surface area contributed by atoms with E-state index in [1.807, 2.05) is 19.1 Å². The Morgan fingerprint density at radius 2 is 1.60 bits per heavy atom. The number of sulfonamides is 1. The van der Waals surface area contributed by atoms with Gasteiger partial charge in [-0.2, -0.15) is 0 Å². The molecule has 1 aromatic carbocycles. The second kappa shape index (κ2) is 13.7. The van der Waals surface area contributed by atoms with Crippen LogP contribution < -0.4 is 20.3 Å². The standard InChI is InChI=1S/C28H38N6O5S/c1-21-5-7-24(8-6-21)40(38,39)31-20-26(35)32-25(28(37)34-15-3-2-4-16-34)19-30-27(36)22-11-17-33(18-12-22)23-9-13-29-14-10-23/h5-10,13-14,22,25,31H,2-4,11-12,15-20H2,1H3,(H,30,36)(H,32,35). The number of pyridine rings is 1. The lowest BCUT2D eigenvalue weighted by Gasteiger charge is -2.33. The molecule has 1 aromatic heterocycles. The van der Waals surface area contributed by atoms with E-state index in [-0.39, 0.29) is 29.2 Å². The summed E-state index contributed by atoms with van der Waals surface area (Å²) in [7, 11) is -3.90. The molecular formula is C28H38N6O5S. The van der Waals surface area contributed by atoms with E-state index in [0.717, 1.165) is 43.6 Å². The minimum Gasteiger partial charge on any atom is -0.371 e. The molecule has 216 valence electrons. The first kappa shape index (κ1) is 29.5. The number of nitrogens with one attached hydrogen (secondary N) is 3. The summed E-state index contributed by atoms with van der Waals surface area (Å²) in [5.74, 6) is -1.27. The van der Waals surface area contributed by atoms with Gasteiger partial charge in [0.1, 0.15) is 6.04 Å². The van der Waals surface area contributed by atoms with E-state index in [0.29, 0.717) is 25.9 Å². The highest BCUT2D eigenvalue weighted by Crippen LogP contribution is 2.23. The molecule has 2 aromatic rings. The van der Waals surface area contributed by atoms with Crippen LogP contribution in [0.3, 0.4) is 0 Å². The molecule has 40 heavy (non-hydrogen) atoms. The van der Waals surface area contributed by atoms with Crippen molar-refractivity contribution in [3.05, 3.63) is 54.4 Å². The summed E-state index contributed by atoms with van der Waals surface area (Å²) in [5.41, 5.74) is 1.99. The van der Waals surface area contributed by atoms with Crippen molar-refractivity contribution in [3.8, 4) is 0 Å². The number of hydrogen-bond acceptors (Lipinski definition) is 7. The van der Waals surface area contributed by atoms with Gasteiger partial charge >= 0.3 is 0 Å². The SMILES string of the molecule is Cc1ccc(S(=O)(=O)NCC(=O)NC(CNC(=O)C2CCN(c3ccncc3)CC2)C(=O)N2CCCCC2)cc1. The van der Waals surface area contributed by atoms with E-state index < -0.39 is 28.5 Å². The van der Waals surface area contributed by atoms with E-state index in [4.69, 9.17) is 0 Å². The zero-order valence-corrected chi connectivity index (χ0v) is 23.7. The van der Waals surface area contributed by atoms with Crippen molar-refractivity contribution >= 4 is 33.4 Å². The summed E-state index contributed by atoms with van der Waals surface area (Å²) >= 11 is 0. The quantitative estimate of drug-likeness (QED) is 0.390. The first-order valence-corrected chi connectivity index (χ1v) is 15.3. The molecule has 4 rings (SSSR count). The highest BCUT2D eigenvalue weighted by Gasteiger charge is 2.30. The average molecular weight is 571 g/mol. The van der Waals surface area contributed by atoms with Crippen LogP contribution in [0.15, 0.2) is 53.7 Å². The normalized spacial score (nSPS) is 17.2. The molecule has 1 unspecified atom stereocenters. The van der Waals surface area contributed by atoms with Crippen molar-refractivity contribution in [2.45, 2.75) is 50.0 Å². The summed E-state index contributed by atoms with van der Waals surface area (Å²) in [4.78, 5) is 47.1. The molecule has 1 atom stereocenters. The zero-order valence-electron chi connectivity index (χ0n) is 22.8. The smallest absolute Gasteiger partial charge is 0.246 e. The van der Waals surface area contributed by atoms with Gasteiger partial charge in [0.05, 0.1) is 11.4 Å². The Bertz CT molecular complexity index is 1260. The van der Waals surface area contributed by atoms with E-state index >= 15 is 0 Å². The maximum absolute atomic E-state index is 13.3. The Hall–Kier alpha value is -3.51. The van der Waals surface area contributed by atoms with Gasteiger partial charge in [-0.1, -0.05) is 17.7 Å². The molecule has 3 heterocycles. The molecule has 11 nitrogen and oxygen atoms in total. The van der Waals surface area contributed by atoms with Crippen molar-refractivity contribution < 1.29 is 22.8 Å². The van der Waals surface area contributed by atoms with Gasteiger partial charge in [-0.05, 0) is 63.3 Å². The molecule has 12 heteroatoms. The van der Waals surface area contributed by atoms with Gasteiger partial charge < -0.3 is 20.4 Å². The predicted molar refractivity (Wildman–Crippen MR) is 151 cm³/mol. The van der Waals surface area contributed by atoms with Gasteiger partial charge in [-0.25, -0.2) is 13.1 Å². The topological polar surface area (TPSA) is 141 Å². The summed E-state index contributed by atoms with van der Waals surface area (Å²) < 4.78 is 27.5. The Morgan fingerprint density at radius 1 is 0.950 bits per heavy atom. The third-order valence-corrected chi connectivity index (χ3v) is 8.85. The average Bonchev–Trinajstić information content (AvgIpc) is 2.99.